The van der Waals surface area contributed by atoms with Crippen molar-refractivity contribution >= 4 is 17.3 Å². The molecule has 1 heterocycles. The van der Waals surface area contributed by atoms with Gasteiger partial charge in [0.25, 0.3) is 5.69 Å². The van der Waals surface area contributed by atoms with Crippen LogP contribution in [0.25, 0.3) is 0 Å². The number of nitro groups is 1. The Morgan fingerprint density at radius 3 is 2.54 bits per heavy atom. The Bertz CT molecular complexity index is 832. The van der Waals surface area contributed by atoms with Crippen molar-refractivity contribution < 1.29 is 9.72 Å². The topological polar surface area (TPSA) is 92.7 Å². The Morgan fingerprint density at radius 1 is 1.21 bits per heavy atom. The third-order valence-electron chi connectivity index (χ3n) is 5.29. The molecule has 7 nitrogen and oxygen atoms in total. The number of carbonyl (C=O) groups is 1. The van der Waals surface area contributed by atoms with E-state index in [9.17, 15) is 14.9 Å². The van der Waals surface area contributed by atoms with Gasteiger partial charge < -0.3 is 15.5 Å². The average Bonchev–Trinajstić information content (AvgIpc) is 3.20. The predicted molar refractivity (Wildman–Crippen MR) is 109 cm³/mol. The molecule has 0 saturated carbocycles. The van der Waals surface area contributed by atoms with E-state index >= 15 is 0 Å². The zero-order chi connectivity index (χ0) is 20.1. The smallest absolute Gasteiger partial charge is 0.269 e. The van der Waals surface area contributed by atoms with E-state index in [1.54, 1.807) is 36.2 Å². The molecule has 1 aliphatic heterocycles. The molecule has 7 heteroatoms. The van der Waals surface area contributed by atoms with Crippen molar-refractivity contribution in [2.24, 2.45) is 0 Å². The Labute approximate surface area is 164 Å². The molecule has 2 aromatic rings. The average molecular weight is 382 g/mol. The molecule has 1 atom stereocenters. The van der Waals surface area contributed by atoms with Crippen LogP contribution in [-0.4, -0.2) is 47.3 Å². The zero-order valence-electron chi connectivity index (χ0n) is 16.1. The third-order valence-corrected chi connectivity index (χ3v) is 5.29. The summed E-state index contributed by atoms with van der Waals surface area (Å²) in [4.78, 5) is 27.8. The monoisotopic (exact) mass is 382 g/mol. The standard InChI is InChI=1S/C21H26N4O3/c1-23(21(26)13-16-7-9-18(22)10-8-16)20(15-24-11-2-3-12-24)17-5-4-6-19(14-17)25(27)28/h4-10,14,20H,2-3,11-13,15,22H2,1H3. The van der Waals surface area contributed by atoms with Gasteiger partial charge in [0.1, 0.15) is 0 Å². The van der Waals surface area contributed by atoms with Crippen molar-refractivity contribution in [1.82, 2.24) is 9.80 Å². The summed E-state index contributed by atoms with van der Waals surface area (Å²) in [6, 6.07) is 13.6. The number of likely N-dealkylation sites (tertiary alicyclic amines) is 1. The van der Waals surface area contributed by atoms with E-state index in [0.717, 1.165) is 37.1 Å². The van der Waals surface area contributed by atoms with Gasteiger partial charge >= 0.3 is 0 Å². The predicted octanol–water partition coefficient (Wildman–Crippen LogP) is 3.02. The molecule has 28 heavy (non-hydrogen) atoms. The lowest BCUT2D eigenvalue weighted by molar-refractivity contribution is -0.385. The normalized spacial score (nSPS) is 15.3. The number of anilines is 1. The summed E-state index contributed by atoms with van der Waals surface area (Å²) in [7, 11) is 1.78. The quantitative estimate of drug-likeness (QED) is 0.451. The maximum absolute atomic E-state index is 12.9. The molecule has 148 valence electrons. The van der Waals surface area contributed by atoms with Crippen molar-refractivity contribution in [3.63, 3.8) is 0 Å². The van der Waals surface area contributed by atoms with Crippen LogP contribution in [0, 0.1) is 10.1 Å². The summed E-state index contributed by atoms with van der Waals surface area (Å²) in [6.07, 6.45) is 2.55. The molecule has 1 fully saturated rings. The molecule has 2 N–H and O–H groups in total. The van der Waals surface area contributed by atoms with Gasteiger partial charge in [-0.2, -0.15) is 0 Å². The number of nitrogen functional groups attached to an aromatic ring is 1. The fourth-order valence-corrected chi connectivity index (χ4v) is 3.62. The summed E-state index contributed by atoms with van der Waals surface area (Å²) < 4.78 is 0. The maximum atomic E-state index is 12.9. The van der Waals surface area contributed by atoms with E-state index in [0.29, 0.717) is 12.2 Å². The van der Waals surface area contributed by atoms with Gasteiger partial charge in [-0.25, -0.2) is 0 Å². The fourth-order valence-electron chi connectivity index (χ4n) is 3.62. The van der Waals surface area contributed by atoms with Gasteiger partial charge in [-0.15, -0.1) is 0 Å². The highest BCUT2D eigenvalue weighted by Crippen LogP contribution is 2.26. The van der Waals surface area contributed by atoms with Crippen LogP contribution in [0.2, 0.25) is 0 Å². The van der Waals surface area contributed by atoms with Crippen molar-refractivity contribution in [1.29, 1.82) is 0 Å². The summed E-state index contributed by atoms with van der Waals surface area (Å²) in [5.41, 5.74) is 8.10. The lowest BCUT2D eigenvalue weighted by atomic mass is 10.0. The van der Waals surface area contributed by atoms with Crippen LogP contribution in [0.1, 0.15) is 30.0 Å². The lowest BCUT2D eigenvalue weighted by Gasteiger charge is -2.32. The second-order valence-corrected chi connectivity index (χ2v) is 7.30. The number of amides is 1. The molecule has 1 saturated heterocycles. The summed E-state index contributed by atoms with van der Waals surface area (Å²) in [5, 5.41) is 11.2. The minimum Gasteiger partial charge on any atom is -0.399 e. The van der Waals surface area contributed by atoms with Crippen molar-refractivity contribution in [3.05, 3.63) is 69.8 Å². The van der Waals surface area contributed by atoms with E-state index < -0.39 is 4.92 Å². The molecule has 2 aromatic carbocycles. The highest BCUT2D eigenvalue weighted by Gasteiger charge is 2.26. The molecule has 0 aliphatic carbocycles. The number of hydrogen-bond acceptors (Lipinski definition) is 5. The van der Waals surface area contributed by atoms with Gasteiger partial charge in [0.05, 0.1) is 17.4 Å². The Hall–Kier alpha value is -2.93. The summed E-state index contributed by atoms with van der Waals surface area (Å²) in [6.45, 7) is 2.65. The molecule has 0 radical (unpaired) electrons. The summed E-state index contributed by atoms with van der Waals surface area (Å²) in [5.74, 6) is -0.0273. The van der Waals surface area contributed by atoms with Gasteiger partial charge in [0.15, 0.2) is 0 Å². The van der Waals surface area contributed by atoms with Gasteiger partial charge in [-0.3, -0.25) is 14.9 Å². The minimum atomic E-state index is -0.396. The van der Waals surface area contributed by atoms with E-state index in [-0.39, 0.29) is 24.1 Å². The van der Waals surface area contributed by atoms with Crippen LogP contribution < -0.4 is 5.73 Å². The molecule has 1 amide bonds. The number of nitrogens with two attached hydrogens (primary N) is 1. The first kappa shape index (κ1) is 19.8. The molecule has 0 spiro atoms. The van der Waals surface area contributed by atoms with Crippen LogP contribution >= 0.6 is 0 Å². The van der Waals surface area contributed by atoms with E-state index in [1.165, 1.54) is 6.07 Å². The van der Waals surface area contributed by atoms with Crippen LogP contribution in [0.3, 0.4) is 0 Å². The van der Waals surface area contributed by atoms with Gasteiger partial charge in [-0.05, 0) is 49.2 Å². The van der Waals surface area contributed by atoms with Gasteiger partial charge in [0, 0.05) is 31.4 Å². The SMILES string of the molecule is CN(C(=O)Cc1ccc(N)cc1)C(CN1CCCC1)c1cccc([N+](=O)[O-])c1. The number of benzene rings is 2. The number of hydrogen-bond donors (Lipinski definition) is 1. The first-order valence-electron chi connectivity index (χ1n) is 9.51. The van der Waals surface area contributed by atoms with Crippen LogP contribution in [0.15, 0.2) is 48.5 Å². The van der Waals surface area contributed by atoms with Gasteiger partial charge in [-0.1, -0.05) is 24.3 Å². The van der Waals surface area contributed by atoms with Crippen molar-refractivity contribution in [2.45, 2.75) is 25.3 Å². The fraction of sp³-hybridized carbons (Fsp3) is 0.381. The molecule has 0 aromatic heterocycles. The molecule has 0 bridgehead atoms. The van der Waals surface area contributed by atoms with E-state index in [1.807, 2.05) is 18.2 Å². The second kappa shape index (κ2) is 8.84. The molecular weight excluding hydrogens is 356 g/mol. The third kappa shape index (κ3) is 4.86. The molecule has 3 rings (SSSR count). The first-order valence-corrected chi connectivity index (χ1v) is 9.51. The molecular formula is C21H26N4O3. The Balaban J connectivity index is 1.82. The number of rotatable bonds is 7. The Morgan fingerprint density at radius 2 is 1.89 bits per heavy atom. The first-order chi connectivity index (χ1) is 13.4. The van der Waals surface area contributed by atoms with E-state index in [4.69, 9.17) is 5.73 Å². The van der Waals surface area contributed by atoms with Crippen LogP contribution in [-0.2, 0) is 11.2 Å². The van der Waals surface area contributed by atoms with Crippen molar-refractivity contribution in [3.8, 4) is 0 Å². The summed E-state index contributed by atoms with van der Waals surface area (Å²) >= 11 is 0. The molecule has 1 aliphatic rings. The highest BCUT2D eigenvalue weighted by atomic mass is 16.6. The van der Waals surface area contributed by atoms with Crippen LogP contribution in [0.4, 0.5) is 11.4 Å². The molecule has 1 unspecified atom stereocenters. The number of nitro benzene ring substituents is 1. The Kier molecular flexibility index (Phi) is 6.26. The maximum Gasteiger partial charge on any atom is 0.269 e. The van der Waals surface area contributed by atoms with E-state index in [2.05, 4.69) is 4.90 Å². The second-order valence-electron chi connectivity index (χ2n) is 7.30. The number of likely N-dealkylation sites (N-methyl/N-ethyl adjacent to an activating group) is 1. The van der Waals surface area contributed by atoms with Crippen molar-refractivity contribution in [2.75, 3.05) is 32.4 Å². The van der Waals surface area contributed by atoms with Crippen LogP contribution in [0.5, 0.6) is 0 Å². The number of carbonyl (C=O) groups excluding carboxylic acids is 1. The number of nitrogens with zero attached hydrogens (tertiary/aromatic N) is 3. The van der Waals surface area contributed by atoms with Gasteiger partial charge in [0.2, 0.25) is 5.91 Å². The highest BCUT2D eigenvalue weighted by molar-refractivity contribution is 5.79. The lowest BCUT2D eigenvalue weighted by Crippen LogP contribution is -2.39. The minimum absolute atomic E-state index is 0.0273. The number of non-ortho nitro benzene ring substituents is 1. The largest absolute Gasteiger partial charge is 0.399 e. The zero-order valence-corrected chi connectivity index (χ0v) is 16.1.